The molecule has 1 fully saturated rings. The molecule has 1 unspecified atom stereocenters. The average Bonchev–Trinajstić information content (AvgIpc) is 2.90. The van der Waals surface area contributed by atoms with E-state index in [1.54, 1.807) is 12.1 Å². The van der Waals surface area contributed by atoms with Gasteiger partial charge < -0.3 is 5.32 Å². The van der Waals surface area contributed by atoms with Crippen LogP contribution in [0.3, 0.4) is 0 Å². The molecule has 1 atom stereocenters. The Morgan fingerprint density at radius 1 is 1.37 bits per heavy atom. The molecule has 1 saturated carbocycles. The summed E-state index contributed by atoms with van der Waals surface area (Å²) < 4.78 is 14.0. The molecule has 0 spiro atoms. The van der Waals surface area contributed by atoms with E-state index in [9.17, 15) is 4.39 Å². The number of rotatable bonds is 6. The predicted octanol–water partition coefficient (Wildman–Crippen LogP) is 4.69. The maximum Gasteiger partial charge on any atom is 0.124 e. The van der Waals surface area contributed by atoms with Gasteiger partial charge in [-0.25, -0.2) is 4.39 Å². The summed E-state index contributed by atoms with van der Waals surface area (Å²) in [5.41, 5.74) is 1.21. The molecule has 0 aliphatic heterocycles. The first-order valence-electron chi connectivity index (χ1n) is 7.38. The number of hydrogen-bond donors (Lipinski definition) is 1. The molecule has 1 aliphatic carbocycles. The Balaban J connectivity index is 2.05. The molecular formula is C16H23BrFN. The lowest BCUT2D eigenvalue weighted by atomic mass is 9.92. The van der Waals surface area contributed by atoms with E-state index in [2.05, 4.69) is 28.2 Å². The van der Waals surface area contributed by atoms with E-state index in [1.807, 2.05) is 6.07 Å². The Morgan fingerprint density at radius 2 is 2.11 bits per heavy atom. The molecule has 0 aromatic heterocycles. The van der Waals surface area contributed by atoms with Gasteiger partial charge in [0, 0.05) is 10.5 Å². The van der Waals surface area contributed by atoms with E-state index in [1.165, 1.54) is 31.2 Å². The van der Waals surface area contributed by atoms with Crippen LogP contribution in [0.25, 0.3) is 0 Å². The lowest BCUT2D eigenvalue weighted by Gasteiger charge is -2.25. The quantitative estimate of drug-likeness (QED) is 0.799. The summed E-state index contributed by atoms with van der Waals surface area (Å²) >= 11 is 3.48. The van der Waals surface area contributed by atoms with Crippen LogP contribution in [-0.2, 0) is 6.42 Å². The number of nitrogens with one attached hydrogen (secondary N) is 1. The van der Waals surface area contributed by atoms with Gasteiger partial charge in [0.15, 0.2) is 0 Å². The highest BCUT2D eigenvalue weighted by Gasteiger charge is 2.25. The SMILES string of the molecule is CCCNC(Cc1ccc(F)cc1Br)C1CCCC1. The van der Waals surface area contributed by atoms with Crippen molar-refractivity contribution >= 4 is 15.9 Å². The molecule has 19 heavy (non-hydrogen) atoms. The van der Waals surface area contributed by atoms with Crippen molar-refractivity contribution in [2.24, 2.45) is 5.92 Å². The summed E-state index contributed by atoms with van der Waals surface area (Å²) in [6.45, 7) is 3.27. The van der Waals surface area contributed by atoms with Gasteiger partial charge in [0.1, 0.15) is 5.82 Å². The van der Waals surface area contributed by atoms with Gasteiger partial charge in [-0.2, -0.15) is 0 Å². The first-order valence-corrected chi connectivity index (χ1v) is 8.17. The molecule has 3 heteroatoms. The second-order valence-corrected chi connectivity index (χ2v) is 6.40. The Labute approximate surface area is 124 Å². The zero-order valence-electron chi connectivity index (χ0n) is 11.6. The highest BCUT2D eigenvalue weighted by Crippen LogP contribution is 2.30. The first-order chi connectivity index (χ1) is 9.20. The van der Waals surface area contributed by atoms with Crippen LogP contribution in [0, 0.1) is 11.7 Å². The van der Waals surface area contributed by atoms with Gasteiger partial charge >= 0.3 is 0 Å². The van der Waals surface area contributed by atoms with Crippen molar-refractivity contribution in [3.63, 3.8) is 0 Å². The molecule has 1 nitrogen and oxygen atoms in total. The summed E-state index contributed by atoms with van der Waals surface area (Å²) in [6, 6.07) is 5.57. The Kier molecular flexibility index (Phi) is 5.83. The summed E-state index contributed by atoms with van der Waals surface area (Å²) in [6.07, 6.45) is 7.54. The normalized spacial score (nSPS) is 17.8. The van der Waals surface area contributed by atoms with Crippen molar-refractivity contribution in [3.05, 3.63) is 34.1 Å². The lowest BCUT2D eigenvalue weighted by molar-refractivity contribution is 0.356. The van der Waals surface area contributed by atoms with E-state index in [-0.39, 0.29) is 5.82 Å². The van der Waals surface area contributed by atoms with Crippen molar-refractivity contribution < 1.29 is 4.39 Å². The molecule has 106 valence electrons. The molecule has 0 heterocycles. The molecule has 1 aromatic rings. The predicted molar refractivity (Wildman–Crippen MR) is 81.8 cm³/mol. The first kappa shape index (κ1) is 15.0. The second-order valence-electron chi connectivity index (χ2n) is 5.55. The third kappa shape index (κ3) is 4.28. The van der Waals surface area contributed by atoms with Crippen molar-refractivity contribution in [2.45, 2.75) is 51.5 Å². The maximum absolute atomic E-state index is 13.1. The molecular weight excluding hydrogens is 305 g/mol. The molecule has 0 amide bonds. The van der Waals surface area contributed by atoms with Crippen LogP contribution in [0.5, 0.6) is 0 Å². The smallest absolute Gasteiger partial charge is 0.124 e. The fourth-order valence-corrected chi connectivity index (χ4v) is 3.53. The van der Waals surface area contributed by atoms with Gasteiger partial charge in [-0.15, -0.1) is 0 Å². The summed E-state index contributed by atoms with van der Waals surface area (Å²) in [5, 5.41) is 3.69. The van der Waals surface area contributed by atoms with Crippen LogP contribution < -0.4 is 5.32 Å². The van der Waals surface area contributed by atoms with Gasteiger partial charge in [0.25, 0.3) is 0 Å². The van der Waals surface area contributed by atoms with Crippen LogP contribution in [0.2, 0.25) is 0 Å². The van der Waals surface area contributed by atoms with Gasteiger partial charge in [-0.3, -0.25) is 0 Å². The van der Waals surface area contributed by atoms with Crippen LogP contribution in [-0.4, -0.2) is 12.6 Å². The van der Waals surface area contributed by atoms with Gasteiger partial charge in [0.05, 0.1) is 0 Å². The fraction of sp³-hybridized carbons (Fsp3) is 0.625. The fourth-order valence-electron chi connectivity index (χ4n) is 3.02. The third-order valence-electron chi connectivity index (χ3n) is 4.08. The monoisotopic (exact) mass is 327 g/mol. The second kappa shape index (κ2) is 7.39. The molecule has 1 N–H and O–H groups in total. The molecule has 0 bridgehead atoms. The summed E-state index contributed by atoms with van der Waals surface area (Å²) in [7, 11) is 0. The molecule has 1 aromatic carbocycles. The number of halogens is 2. The Morgan fingerprint density at radius 3 is 2.74 bits per heavy atom. The molecule has 0 radical (unpaired) electrons. The van der Waals surface area contributed by atoms with Crippen molar-refractivity contribution in [3.8, 4) is 0 Å². The van der Waals surface area contributed by atoms with E-state index in [0.717, 1.165) is 29.8 Å². The van der Waals surface area contributed by atoms with Crippen molar-refractivity contribution in [1.29, 1.82) is 0 Å². The zero-order valence-corrected chi connectivity index (χ0v) is 13.2. The Hall–Kier alpha value is -0.410. The number of hydrogen-bond acceptors (Lipinski definition) is 1. The van der Waals surface area contributed by atoms with Crippen molar-refractivity contribution in [2.75, 3.05) is 6.54 Å². The summed E-state index contributed by atoms with van der Waals surface area (Å²) in [5.74, 6) is 0.609. The lowest BCUT2D eigenvalue weighted by Crippen LogP contribution is -2.37. The molecule has 1 aliphatic rings. The van der Waals surface area contributed by atoms with E-state index in [4.69, 9.17) is 0 Å². The zero-order chi connectivity index (χ0) is 13.7. The van der Waals surface area contributed by atoms with E-state index >= 15 is 0 Å². The minimum atomic E-state index is -0.172. The summed E-state index contributed by atoms with van der Waals surface area (Å²) in [4.78, 5) is 0. The van der Waals surface area contributed by atoms with Gasteiger partial charge in [-0.05, 0) is 55.8 Å². The van der Waals surface area contributed by atoms with Crippen LogP contribution in [0.15, 0.2) is 22.7 Å². The molecule has 2 rings (SSSR count). The highest BCUT2D eigenvalue weighted by atomic mass is 79.9. The maximum atomic E-state index is 13.1. The van der Waals surface area contributed by atoms with Crippen LogP contribution in [0.4, 0.5) is 4.39 Å². The van der Waals surface area contributed by atoms with Crippen molar-refractivity contribution in [1.82, 2.24) is 5.32 Å². The third-order valence-corrected chi connectivity index (χ3v) is 4.82. The average molecular weight is 328 g/mol. The largest absolute Gasteiger partial charge is 0.313 e. The Bertz CT molecular complexity index is 402. The van der Waals surface area contributed by atoms with Gasteiger partial charge in [-0.1, -0.05) is 41.8 Å². The van der Waals surface area contributed by atoms with Crippen LogP contribution >= 0.6 is 15.9 Å². The highest BCUT2D eigenvalue weighted by molar-refractivity contribution is 9.10. The standard InChI is InChI=1S/C16H23BrFN/c1-2-9-19-16(12-5-3-4-6-12)10-13-7-8-14(18)11-15(13)17/h7-8,11-12,16,19H,2-6,9-10H2,1H3. The van der Waals surface area contributed by atoms with E-state index < -0.39 is 0 Å². The minimum Gasteiger partial charge on any atom is -0.313 e. The van der Waals surface area contributed by atoms with Gasteiger partial charge in [0.2, 0.25) is 0 Å². The minimum absolute atomic E-state index is 0.172. The van der Waals surface area contributed by atoms with E-state index in [0.29, 0.717) is 6.04 Å². The molecule has 0 saturated heterocycles. The van der Waals surface area contributed by atoms with Crippen LogP contribution in [0.1, 0.15) is 44.6 Å². The number of benzene rings is 1. The topological polar surface area (TPSA) is 12.0 Å².